The maximum Gasteiger partial charge on any atom is 0.0462 e. The Kier molecular flexibility index (Phi) is 5.07. The van der Waals surface area contributed by atoms with Crippen LogP contribution in [-0.2, 0) is 4.74 Å². The van der Waals surface area contributed by atoms with Crippen LogP contribution in [0, 0.1) is 0 Å². The smallest absolute Gasteiger partial charge is 0.0462 e. The normalized spacial score (nSPS) is 27.9. The van der Waals surface area contributed by atoms with Gasteiger partial charge in [0, 0.05) is 39.4 Å². The van der Waals surface area contributed by atoms with Gasteiger partial charge in [0.25, 0.3) is 0 Å². The maximum atomic E-state index is 5.09. The van der Waals surface area contributed by atoms with E-state index in [0.29, 0.717) is 0 Å². The van der Waals surface area contributed by atoms with E-state index >= 15 is 0 Å². The molecule has 3 nitrogen and oxygen atoms in total. The lowest BCUT2D eigenvalue weighted by molar-refractivity contribution is 0.0476. The molecule has 2 rings (SSSR count). The zero-order valence-electron chi connectivity index (χ0n) is 10.7. The molecular weight excluding hydrogens is 200 g/mol. The van der Waals surface area contributed by atoms with Crippen molar-refractivity contribution in [2.75, 3.05) is 46.4 Å². The first-order valence-corrected chi connectivity index (χ1v) is 6.85. The quantitative estimate of drug-likeness (QED) is 0.662. The number of ether oxygens (including phenoxy) is 1. The lowest BCUT2D eigenvalue weighted by Gasteiger charge is -2.44. The highest BCUT2D eigenvalue weighted by atomic mass is 16.5. The molecule has 0 aliphatic carbocycles. The van der Waals surface area contributed by atoms with Gasteiger partial charge in [-0.15, -0.1) is 0 Å². The summed E-state index contributed by atoms with van der Waals surface area (Å²) in [6.45, 7) is 7.44. The average molecular weight is 226 g/mol. The highest BCUT2D eigenvalue weighted by Gasteiger charge is 2.28. The van der Waals surface area contributed by atoms with E-state index in [-0.39, 0.29) is 0 Å². The number of piperazine rings is 1. The van der Waals surface area contributed by atoms with Gasteiger partial charge in [0.1, 0.15) is 0 Å². The van der Waals surface area contributed by atoms with Crippen molar-refractivity contribution in [2.24, 2.45) is 0 Å². The second-order valence-electron chi connectivity index (χ2n) is 5.19. The Bertz CT molecular complexity index is 198. The van der Waals surface area contributed by atoms with E-state index in [1.165, 1.54) is 64.8 Å². The molecule has 0 saturated carbocycles. The molecule has 0 bridgehead atoms. The summed E-state index contributed by atoms with van der Waals surface area (Å²) in [6, 6.07) is 0.866. The Morgan fingerprint density at radius 2 is 2.06 bits per heavy atom. The summed E-state index contributed by atoms with van der Waals surface area (Å²) in [6.07, 6.45) is 6.79. The summed E-state index contributed by atoms with van der Waals surface area (Å²) in [5.41, 5.74) is 0. The van der Waals surface area contributed by atoms with Crippen molar-refractivity contribution in [3.8, 4) is 0 Å². The van der Waals surface area contributed by atoms with E-state index in [2.05, 4.69) is 9.80 Å². The van der Waals surface area contributed by atoms with E-state index in [1.807, 2.05) is 0 Å². The van der Waals surface area contributed by atoms with Crippen LogP contribution in [0.5, 0.6) is 0 Å². The summed E-state index contributed by atoms with van der Waals surface area (Å²) in [7, 11) is 1.79. The molecule has 16 heavy (non-hydrogen) atoms. The van der Waals surface area contributed by atoms with Crippen LogP contribution in [0.2, 0.25) is 0 Å². The van der Waals surface area contributed by atoms with Crippen LogP contribution in [-0.4, -0.2) is 62.3 Å². The molecule has 94 valence electrons. The van der Waals surface area contributed by atoms with Gasteiger partial charge in [-0.25, -0.2) is 0 Å². The topological polar surface area (TPSA) is 15.7 Å². The molecular formula is C13H26N2O. The molecule has 0 aromatic carbocycles. The van der Waals surface area contributed by atoms with E-state index in [0.717, 1.165) is 12.6 Å². The molecule has 0 N–H and O–H groups in total. The van der Waals surface area contributed by atoms with Crippen molar-refractivity contribution in [2.45, 2.75) is 38.1 Å². The van der Waals surface area contributed by atoms with Gasteiger partial charge in [0.15, 0.2) is 0 Å². The summed E-state index contributed by atoms with van der Waals surface area (Å²) in [5, 5.41) is 0. The van der Waals surface area contributed by atoms with Crippen molar-refractivity contribution >= 4 is 0 Å². The Morgan fingerprint density at radius 3 is 2.94 bits per heavy atom. The average Bonchev–Trinajstić information content (AvgIpc) is 2.34. The molecule has 2 saturated heterocycles. The van der Waals surface area contributed by atoms with Crippen LogP contribution >= 0.6 is 0 Å². The zero-order chi connectivity index (χ0) is 11.2. The molecule has 0 radical (unpaired) electrons. The molecule has 3 heteroatoms. The summed E-state index contributed by atoms with van der Waals surface area (Å²) in [5.74, 6) is 0. The first-order valence-electron chi connectivity index (χ1n) is 6.85. The largest absolute Gasteiger partial charge is 0.385 e. The molecule has 0 aromatic heterocycles. The minimum atomic E-state index is 0.866. The number of hydrogen-bond acceptors (Lipinski definition) is 3. The third-order valence-corrected chi connectivity index (χ3v) is 3.99. The number of hydrogen-bond donors (Lipinski definition) is 0. The second-order valence-corrected chi connectivity index (χ2v) is 5.19. The standard InChI is InChI=1S/C13H26N2O/c1-16-11-5-4-7-14-9-10-15-8-3-2-6-13(15)12-14/h13H,2-12H2,1H3. The molecule has 2 heterocycles. The number of nitrogens with zero attached hydrogens (tertiary/aromatic N) is 2. The molecule has 2 aliphatic rings. The van der Waals surface area contributed by atoms with Crippen molar-refractivity contribution < 1.29 is 4.74 Å². The predicted molar refractivity (Wildman–Crippen MR) is 66.8 cm³/mol. The Balaban J connectivity index is 1.65. The number of rotatable bonds is 5. The first-order chi connectivity index (χ1) is 7.90. The third-order valence-electron chi connectivity index (χ3n) is 3.99. The highest BCUT2D eigenvalue weighted by molar-refractivity contribution is 4.84. The van der Waals surface area contributed by atoms with Crippen molar-refractivity contribution in [1.82, 2.24) is 9.80 Å². The van der Waals surface area contributed by atoms with Crippen molar-refractivity contribution in [1.29, 1.82) is 0 Å². The van der Waals surface area contributed by atoms with Gasteiger partial charge in [-0.1, -0.05) is 6.42 Å². The molecule has 0 aromatic rings. The van der Waals surface area contributed by atoms with Crippen molar-refractivity contribution in [3.63, 3.8) is 0 Å². The Hall–Kier alpha value is -0.120. The molecule has 2 aliphatic heterocycles. The van der Waals surface area contributed by atoms with Crippen LogP contribution in [0.15, 0.2) is 0 Å². The van der Waals surface area contributed by atoms with E-state index in [9.17, 15) is 0 Å². The molecule has 2 fully saturated rings. The Labute approximate surface area is 99.7 Å². The molecule has 1 atom stereocenters. The number of piperidine rings is 1. The van der Waals surface area contributed by atoms with Crippen LogP contribution in [0.4, 0.5) is 0 Å². The summed E-state index contributed by atoms with van der Waals surface area (Å²) >= 11 is 0. The maximum absolute atomic E-state index is 5.09. The second kappa shape index (κ2) is 6.58. The van der Waals surface area contributed by atoms with E-state index in [4.69, 9.17) is 4.74 Å². The first kappa shape index (κ1) is 12.3. The molecule has 0 spiro atoms. The van der Waals surface area contributed by atoms with E-state index < -0.39 is 0 Å². The lowest BCUT2D eigenvalue weighted by Crippen LogP contribution is -2.54. The number of methoxy groups -OCH3 is 1. The minimum Gasteiger partial charge on any atom is -0.385 e. The third kappa shape index (κ3) is 3.44. The SMILES string of the molecule is COCCCCN1CCN2CCCCC2C1. The van der Waals surface area contributed by atoms with Gasteiger partial charge in [-0.2, -0.15) is 0 Å². The minimum absolute atomic E-state index is 0.866. The Morgan fingerprint density at radius 1 is 1.12 bits per heavy atom. The lowest BCUT2D eigenvalue weighted by atomic mass is 9.99. The van der Waals surface area contributed by atoms with Gasteiger partial charge in [-0.05, 0) is 38.8 Å². The van der Waals surface area contributed by atoms with Crippen LogP contribution in [0.3, 0.4) is 0 Å². The highest BCUT2D eigenvalue weighted by Crippen LogP contribution is 2.21. The van der Waals surface area contributed by atoms with Crippen LogP contribution in [0.1, 0.15) is 32.1 Å². The van der Waals surface area contributed by atoms with Crippen LogP contribution in [0.25, 0.3) is 0 Å². The molecule has 0 amide bonds. The fourth-order valence-electron chi connectivity index (χ4n) is 3.01. The molecule has 1 unspecified atom stereocenters. The summed E-state index contributed by atoms with van der Waals surface area (Å²) in [4.78, 5) is 5.36. The number of unbranched alkanes of at least 4 members (excludes halogenated alkanes) is 1. The number of fused-ring (bicyclic) bond motifs is 1. The van der Waals surface area contributed by atoms with Crippen molar-refractivity contribution in [3.05, 3.63) is 0 Å². The van der Waals surface area contributed by atoms with Gasteiger partial charge >= 0.3 is 0 Å². The van der Waals surface area contributed by atoms with Gasteiger partial charge < -0.3 is 9.64 Å². The zero-order valence-corrected chi connectivity index (χ0v) is 10.7. The predicted octanol–water partition coefficient (Wildman–Crippen LogP) is 1.58. The monoisotopic (exact) mass is 226 g/mol. The van der Waals surface area contributed by atoms with Gasteiger partial charge in [0.05, 0.1) is 0 Å². The fraction of sp³-hybridized carbons (Fsp3) is 1.00. The van der Waals surface area contributed by atoms with E-state index in [1.54, 1.807) is 7.11 Å². The summed E-state index contributed by atoms with van der Waals surface area (Å²) < 4.78 is 5.09. The van der Waals surface area contributed by atoms with Crippen LogP contribution < -0.4 is 0 Å². The van der Waals surface area contributed by atoms with Gasteiger partial charge in [-0.3, -0.25) is 4.90 Å². The van der Waals surface area contributed by atoms with Gasteiger partial charge in [0.2, 0.25) is 0 Å². The fourth-order valence-corrected chi connectivity index (χ4v) is 3.01.